The molecular weight excluding hydrogens is 331 g/mol. The minimum Gasteiger partial charge on any atom is -0.349 e. The number of hydrogen-bond acceptors (Lipinski definition) is 3. The van der Waals surface area contributed by atoms with Gasteiger partial charge in [0, 0.05) is 24.7 Å². The van der Waals surface area contributed by atoms with Crippen LogP contribution in [0.25, 0.3) is 0 Å². The van der Waals surface area contributed by atoms with E-state index in [0.29, 0.717) is 13.1 Å². The Bertz CT molecular complexity index is 709. The monoisotopic (exact) mass is 354 g/mol. The first kappa shape index (κ1) is 17.4. The number of nitrogens with zero attached hydrogens (tertiary/aromatic N) is 1. The van der Waals surface area contributed by atoms with Crippen LogP contribution in [0.5, 0.6) is 0 Å². The third kappa shape index (κ3) is 3.62. The summed E-state index contributed by atoms with van der Waals surface area (Å²) >= 11 is 0. The van der Waals surface area contributed by atoms with E-state index in [9.17, 15) is 17.6 Å². The summed E-state index contributed by atoms with van der Waals surface area (Å²) in [5.74, 6) is -1.14. The highest BCUT2D eigenvalue weighted by Crippen LogP contribution is 2.24. The van der Waals surface area contributed by atoms with Gasteiger partial charge in [-0.3, -0.25) is 4.79 Å². The van der Waals surface area contributed by atoms with Crippen LogP contribution in [0.3, 0.4) is 0 Å². The van der Waals surface area contributed by atoms with Gasteiger partial charge in [0.05, 0.1) is 0 Å². The number of halogens is 1. The first-order valence-electron chi connectivity index (χ1n) is 8.59. The normalized spacial score (nSPS) is 20.2. The van der Waals surface area contributed by atoms with E-state index in [1.807, 2.05) is 0 Å². The second-order valence-electron chi connectivity index (χ2n) is 6.56. The molecule has 1 amide bonds. The van der Waals surface area contributed by atoms with Crippen molar-refractivity contribution in [2.45, 2.75) is 55.9 Å². The van der Waals surface area contributed by atoms with Gasteiger partial charge in [0.2, 0.25) is 10.0 Å². The standard InChI is InChI=1S/C17H23FN2O3S/c18-15-9-8-13(17(21)19-14-6-2-1-3-7-14)12-16(15)24(22,23)20-10-4-5-11-20/h8-9,12,14H,1-7,10-11H2,(H,19,21). The van der Waals surface area contributed by atoms with Gasteiger partial charge in [-0.25, -0.2) is 12.8 Å². The predicted molar refractivity (Wildman–Crippen MR) is 88.7 cm³/mol. The Labute approximate surface area is 142 Å². The molecule has 0 unspecified atom stereocenters. The maximum atomic E-state index is 14.1. The predicted octanol–water partition coefficient (Wildman–Crippen LogP) is 2.67. The number of hydrogen-bond donors (Lipinski definition) is 1. The first-order chi connectivity index (χ1) is 11.5. The van der Waals surface area contributed by atoms with Gasteiger partial charge in [-0.15, -0.1) is 0 Å². The summed E-state index contributed by atoms with van der Waals surface area (Å²) in [7, 11) is -3.88. The smallest absolute Gasteiger partial charge is 0.251 e. The van der Waals surface area contributed by atoms with Gasteiger partial charge in [0.25, 0.3) is 5.91 Å². The van der Waals surface area contributed by atoms with E-state index < -0.39 is 20.7 Å². The van der Waals surface area contributed by atoms with Crippen molar-refractivity contribution in [3.05, 3.63) is 29.6 Å². The van der Waals surface area contributed by atoms with Crippen LogP contribution < -0.4 is 5.32 Å². The van der Waals surface area contributed by atoms with E-state index in [-0.39, 0.29) is 17.5 Å². The molecule has 0 aromatic heterocycles. The van der Waals surface area contributed by atoms with Gasteiger partial charge >= 0.3 is 0 Å². The number of sulfonamides is 1. The molecule has 1 aromatic rings. The first-order valence-corrected chi connectivity index (χ1v) is 10.0. The number of nitrogens with one attached hydrogen (secondary N) is 1. The van der Waals surface area contributed by atoms with Crippen molar-refractivity contribution in [3.8, 4) is 0 Å². The Kier molecular flexibility index (Phi) is 5.20. The Morgan fingerprint density at radius 1 is 1.08 bits per heavy atom. The van der Waals surface area contributed by atoms with Crippen LogP contribution in [-0.4, -0.2) is 37.8 Å². The summed E-state index contributed by atoms with van der Waals surface area (Å²) < 4.78 is 40.5. The van der Waals surface area contributed by atoms with Crippen LogP contribution in [-0.2, 0) is 10.0 Å². The van der Waals surface area contributed by atoms with Crippen LogP contribution >= 0.6 is 0 Å². The number of amides is 1. The topological polar surface area (TPSA) is 66.5 Å². The zero-order chi connectivity index (χ0) is 17.2. The lowest BCUT2D eigenvalue weighted by molar-refractivity contribution is 0.0927. The molecule has 24 heavy (non-hydrogen) atoms. The minimum absolute atomic E-state index is 0.120. The van der Waals surface area contributed by atoms with Gasteiger partial charge in [-0.05, 0) is 43.9 Å². The highest BCUT2D eigenvalue weighted by atomic mass is 32.2. The summed E-state index contributed by atoms with van der Waals surface area (Å²) in [5.41, 5.74) is 0.194. The van der Waals surface area contributed by atoms with Crippen molar-refractivity contribution in [2.75, 3.05) is 13.1 Å². The minimum atomic E-state index is -3.88. The summed E-state index contributed by atoms with van der Waals surface area (Å²) in [6, 6.07) is 3.70. The van der Waals surface area contributed by atoms with E-state index in [0.717, 1.165) is 44.6 Å². The molecule has 2 fully saturated rings. The fourth-order valence-corrected chi connectivity index (χ4v) is 5.03. The van der Waals surface area contributed by atoms with Gasteiger partial charge < -0.3 is 5.32 Å². The Morgan fingerprint density at radius 2 is 1.75 bits per heavy atom. The molecule has 0 spiro atoms. The zero-order valence-corrected chi connectivity index (χ0v) is 14.4. The van der Waals surface area contributed by atoms with Gasteiger partial charge in [0.1, 0.15) is 10.7 Å². The molecule has 1 saturated heterocycles. The van der Waals surface area contributed by atoms with Crippen molar-refractivity contribution in [1.29, 1.82) is 0 Å². The fourth-order valence-electron chi connectivity index (χ4n) is 3.43. The third-order valence-corrected chi connectivity index (χ3v) is 6.73. The molecule has 3 rings (SSSR count). The van der Waals surface area contributed by atoms with Crippen LogP contribution in [0, 0.1) is 5.82 Å². The Morgan fingerprint density at radius 3 is 2.42 bits per heavy atom. The van der Waals surface area contributed by atoms with Crippen molar-refractivity contribution >= 4 is 15.9 Å². The lowest BCUT2D eigenvalue weighted by Crippen LogP contribution is -2.36. The van der Waals surface area contributed by atoms with Crippen molar-refractivity contribution in [2.24, 2.45) is 0 Å². The number of carbonyl (C=O) groups is 1. The van der Waals surface area contributed by atoms with Crippen molar-refractivity contribution in [1.82, 2.24) is 9.62 Å². The molecule has 2 aliphatic rings. The van der Waals surface area contributed by atoms with E-state index in [1.54, 1.807) is 0 Å². The molecule has 1 N–H and O–H groups in total. The Hall–Kier alpha value is -1.47. The molecular formula is C17H23FN2O3S. The lowest BCUT2D eigenvalue weighted by atomic mass is 9.95. The molecule has 1 aromatic carbocycles. The molecule has 1 aliphatic heterocycles. The SMILES string of the molecule is O=C(NC1CCCCC1)c1ccc(F)c(S(=O)(=O)N2CCCC2)c1. The van der Waals surface area contributed by atoms with E-state index in [2.05, 4.69) is 5.32 Å². The molecule has 0 radical (unpaired) electrons. The van der Waals surface area contributed by atoms with Crippen LogP contribution in [0.15, 0.2) is 23.1 Å². The molecule has 132 valence electrons. The Balaban J connectivity index is 1.81. The molecule has 0 bridgehead atoms. The average molecular weight is 354 g/mol. The fraction of sp³-hybridized carbons (Fsp3) is 0.588. The molecule has 1 aliphatic carbocycles. The molecule has 0 atom stereocenters. The van der Waals surface area contributed by atoms with Gasteiger partial charge in [0.15, 0.2) is 0 Å². The van der Waals surface area contributed by atoms with E-state index in [1.165, 1.54) is 22.9 Å². The third-order valence-electron chi connectivity index (χ3n) is 4.82. The lowest BCUT2D eigenvalue weighted by Gasteiger charge is -2.23. The maximum Gasteiger partial charge on any atom is 0.251 e. The molecule has 7 heteroatoms. The summed E-state index contributed by atoms with van der Waals surface area (Å²) in [6.07, 6.45) is 6.79. The van der Waals surface area contributed by atoms with Gasteiger partial charge in [-0.2, -0.15) is 4.31 Å². The molecule has 5 nitrogen and oxygen atoms in total. The quantitative estimate of drug-likeness (QED) is 0.904. The van der Waals surface area contributed by atoms with Crippen LogP contribution in [0.4, 0.5) is 4.39 Å². The second-order valence-corrected chi connectivity index (χ2v) is 8.47. The summed E-state index contributed by atoms with van der Waals surface area (Å²) in [6.45, 7) is 0.806. The second kappa shape index (κ2) is 7.19. The van der Waals surface area contributed by atoms with Crippen LogP contribution in [0.2, 0.25) is 0 Å². The summed E-state index contributed by atoms with van der Waals surface area (Å²) in [4.78, 5) is 12.0. The number of benzene rings is 1. The average Bonchev–Trinajstić information content (AvgIpc) is 3.11. The van der Waals surface area contributed by atoms with Gasteiger partial charge in [-0.1, -0.05) is 19.3 Å². The molecule has 1 saturated carbocycles. The summed E-state index contributed by atoms with van der Waals surface area (Å²) in [5, 5.41) is 2.93. The number of carbonyl (C=O) groups excluding carboxylic acids is 1. The largest absolute Gasteiger partial charge is 0.349 e. The maximum absolute atomic E-state index is 14.1. The van der Waals surface area contributed by atoms with Crippen LogP contribution in [0.1, 0.15) is 55.3 Å². The highest BCUT2D eigenvalue weighted by molar-refractivity contribution is 7.89. The molecule has 1 heterocycles. The van der Waals surface area contributed by atoms with Crippen molar-refractivity contribution < 1.29 is 17.6 Å². The van der Waals surface area contributed by atoms with E-state index >= 15 is 0 Å². The highest BCUT2D eigenvalue weighted by Gasteiger charge is 2.30. The van der Waals surface area contributed by atoms with E-state index in [4.69, 9.17) is 0 Å². The zero-order valence-electron chi connectivity index (χ0n) is 13.6. The van der Waals surface area contributed by atoms with Crippen molar-refractivity contribution in [3.63, 3.8) is 0 Å². The number of rotatable bonds is 4.